The van der Waals surface area contributed by atoms with Gasteiger partial charge in [-0.25, -0.2) is 14.2 Å². The SMILES string of the molecule is Cc1nc(-c2ccc(Cl)s2)sc1C(=O)N1CCC(F)(C(=O)O)C1. The Morgan fingerprint density at radius 2 is 2.17 bits per heavy atom. The van der Waals surface area contributed by atoms with Gasteiger partial charge < -0.3 is 10.0 Å². The number of aliphatic carboxylic acids is 1. The Bertz CT molecular complexity index is 791. The van der Waals surface area contributed by atoms with E-state index in [9.17, 15) is 14.0 Å². The third kappa shape index (κ3) is 2.98. The number of hydrogen-bond donors (Lipinski definition) is 1. The van der Waals surface area contributed by atoms with E-state index in [2.05, 4.69) is 4.98 Å². The summed E-state index contributed by atoms with van der Waals surface area (Å²) in [5.74, 6) is -1.91. The number of rotatable bonds is 3. The van der Waals surface area contributed by atoms with Gasteiger partial charge in [0.05, 0.1) is 21.5 Å². The van der Waals surface area contributed by atoms with Gasteiger partial charge in [0.2, 0.25) is 5.67 Å². The van der Waals surface area contributed by atoms with Crippen molar-refractivity contribution in [2.45, 2.75) is 19.0 Å². The Kier molecular flexibility index (Phi) is 4.16. The predicted molar refractivity (Wildman–Crippen MR) is 87.2 cm³/mol. The topological polar surface area (TPSA) is 70.5 Å². The highest BCUT2D eigenvalue weighted by atomic mass is 35.5. The van der Waals surface area contributed by atoms with E-state index in [1.54, 1.807) is 13.0 Å². The highest BCUT2D eigenvalue weighted by Gasteiger charge is 2.47. The molecule has 1 amide bonds. The van der Waals surface area contributed by atoms with Gasteiger partial charge in [-0.2, -0.15) is 0 Å². The van der Waals surface area contributed by atoms with Crippen LogP contribution in [-0.2, 0) is 4.79 Å². The van der Waals surface area contributed by atoms with E-state index in [-0.39, 0.29) is 18.9 Å². The molecule has 3 rings (SSSR count). The second kappa shape index (κ2) is 5.85. The number of hydrogen-bond acceptors (Lipinski definition) is 5. The molecule has 2 aromatic rings. The number of carboxylic acid groups (broad SMARTS) is 1. The van der Waals surface area contributed by atoms with Crippen molar-refractivity contribution in [3.8, 4) is 9.88 Å². The first-order chi connectivity index (χ1) is 10.8. The average Bonchev–Trinajstić information content (AvgIpc) is 3.18. The van der Waals surface area contributed by atoms with Gasteiger partial charge in [-0.15, -0.1) is 22.7 Å². The Balaban J connectivity index is 1.84. The lowest BCUT2D eigenvalue weighted by atomic mass is 10.1. The summed E-state index contributed by atoms with van der Waals surface area (Å²) in [7, 11) is 0. The van der Waals surface area contributed by atoms with Crippen LogP contribution >= 0.6 is 34.3 Å². The molecule has 1 atom stereocenters. The summed E-state index contributed by atoms with van der Waals surface area (Å²) >= 11 is 8.48. The minimum atomic E-state index is -2.36. The summed E-state index contributed by atoms with van der Waals surface area (Å²) in [6, 6.07) is 3.58. The van der Waals surface area contributed by atoms with Crippen molar-refractivity contribution >= 4 is 46.2 Å². The number of aryl methyl sites for hydroxylation is 1. The molecule has 0 aliphatic carbocycles. The van der Waals surface area contributed by atoms with Crippen molar-refractivity contribution in [2.75, 3.05) is 13.1 Å². The van der Waals surface area contributed by atoms with E-state index in [1.165, 1.54) is 27.6 Å². The van der Waals surface area contributed by atoms with E-state index < -0.39 is 18.2 Å². The zero-order chi connectivity index (χ0) is 16.8. The number of thiazole rings is 1. The second-order valence-electron chi connectivity index (χ2n) is 5.28. The lowest BCUT2D eigenvalue weighted by molar-refractivity contribution is -0.149. The number of halogens is 2. The van der Waals surface area contributed by atoms with Gasteiger partial charge in [-0.05, 0) is 19.1 Å². The van der Waals surface area contributed by atoms with Gasteiger partial charge >= 0.3 is 5.97 Å². The minimum absolute atomic E-state index is 0.0825. The molecule has 3 heterocycles. The fraction of sp³-hybridized carbons (Fsp3) is 0.357. The Labute approximate surface area is 144 Å². The molecule has 1 aliphatic rings. The van der Waals surface area contributed by atoms with Crippen molar-refractivity contribution in [1.29, 1.82) is 0 Å². The maximum absolute atomic E-state index is 14.1. The molecule has 0 bridgehead atoms. The molecule has 1 N–H and O–H groups in total. The van der Waals surface area contributed by atoms with E-state index in [0.29, 0.717) is 19.9 Å². The number of amides is 1. The van der Waals surface area contributed by atoms with Crippen LogP contribution in [0.3, 0.4) is 0 Å². The highest BCUT2D eigenvalue weighted by Crippen LogP contribution is 2.36. The molecule has 1 fully saturated rings. The molecule has 122 valence electrons. The molecule has 5 nitrogen and oxygen atoms in total. The number of carboxylic acids is 1. The molecule has 0 spiro atoms. The summed E-state index contributed by atoms with van der Waals surface area (Å²) in [5, 5.41) is 9.59. The van der Waals surface area contributed by atoms with Gasteiger partial charge in [0.25, 0.3) is 5.91 Å². The van der Waals surface area contributed by atoms with Crippen LogP contribution in [0.1, 0.15) is 21.8 Å². The van der Waals surface area contributed by atoms with Gasteiger partial charge in [0.15, 0.2) is 0 Å². The van der Waals surface area contributed by atoms with Crippen molar-refractivity contribution in [3.05, 3.63) is 27.0 Å². The number of likely N-dealkylation sites (tertiary alicyclic amines) is 1. The molecule has 0 saturated carbocycles. The summed E-state index contributed by atoms with van der Waals surface area (Å²) in [5.41, 5.74) is -1.82. The summed E-state index contributed by atoms with van der Waals surface area (Å²) in [6.45, 7) is 1.36. The largest absolute Gasteiger partial charge is 0.479 e. The van der Waals surface area contributed by atoms with Crippen molar-refractivity contribution < 1.29 is 19.1 Å². The maximum Gasteiger partial charge on any atom is 0.343 e. The molecule has 1 unspecified atom stereocenters. The van der Waals surface area contributed by atoms with Crippen LogP contribution < -0.4 is 0 Å². The van der Waals surface area contributed by atoms with Crippen molar-refractivity contribution in [1.82, 2.24) is 9.88 Å². The molecule has 23 heavy (non-hydrogen) atoms. The Morgan fingerprint density at radius 1 is 1.43 bits per heavy atom. The third-order valence-corrected chi connectivity index (χ3v) is 6.21. The van der Waals surface area contributed by atoms with Gasteiger partial charge in [-0.1, -0.05) is 11.6 Å². The number of nitrogens with zero attached hydrogens (tertiary/aromatic N) is 2. The van der Waals surface area contributed by atoms with Crippen LogP contribution in [0.4, 0.5) is 4.39 Å². The number of carbonyl (C=O) groups is 2. The fourth-order valence-electron chi connectivity index (χ4n) is 2.39. The summed E-state index contributed by atoms with van der Waals surface area (Å²) in [6.07, 6.45) is -0.195. The molecule has 1 aliphatic heterocycles. The first-order valence-electron chi connectivity index (χ1n) is 6.75. The van der Waals surface area contributed by atoms with Crippen molar-refractivity contribution in [3.63, 3.8) is 0 Å². The number of carbonyl (C=O) groups excluding carboxylic acids is 1. The number of alkyl halides is 1. The fourth-order valence-corrected chi connectivity index (χ4v) is 4.53. The van der Waals surface area contributed by atoms with Crippen LogP contribution in [-0.4, -0.2) is 45.6 Å². The second-order valence-corrected chi connectivity index (χ2v) is 8.00. The molecule has 9 heteroatoms. The van der Waals surface area contributed by atoms with Crippen LogP contribution in [0.25, 0.3) is 9.88 Å². The Morgan fingerprint density at radius 3 is 2.74 bits per heavy atom. The average molecular weight is 375 g/mol. The van der Waals surface area contributed by atoms with Crippen LogP contribution in [0.15, 0.2) is 12.1 Å². The quantitative estimate of drug-likeness (QED) is 0.893. The smallest absolute Gasteiger partial charge is 0.343 e. The van der Waals surface area contributed by atoms with E-state index in [0.717, 1.165) is 4.88 Å². The number of aromatic nitrogens is 1. The van der Waals surface area contributed by atoms with Crippen LogP contribution in [0.5, 0.6) is 0 Å². The molecular weight excluding hydrogens is 363 g/mol. The maximum atomic E-state index is 14.1. The highest BCUT2D eigenvalue weighted by molar-refractivity contribution is 7.24. The Hall–Kier alpha value is -1.51. The summed E-state index contributed by atoms with van der Waals surface area (Å²) in [4.78, 5) is 30.4. The van der Waals surface area contributed by atoms with E-state index >= 15 is 0 Å². The zero-order valence-corrected chi connectivity index (χ0v) is 14.4. The molecule has 0 radical (unpaired) electrons. The predicted octanol–water partition coefficient (Wildman–Crippen LogP) is 3.47. The van der Waals surface area contributed by atoms with Gasteiger partial charge in [0, 0.05) is 13.0 Å². The minimum Gasteiger partial charge on any atom is -0.479 e. The summed E-state index contributed by atoms with van der Waals surface area (Å²) < 4.78 is 14.7. The monoisotopic (exact) mass is 374 g/mol. The molecule has 2 aromatic heterocycles. The van der Waals surface area contributed by atoms with Crippen LogP contribution in [0, 0.1) is 6.92 Å². The first kappa shape index (κ1) is 16.4. The molecule has 1 saturated heterocycles. The molecule has 0 aromatic carbocycles. The lowest BCUT2D eigenvalue weighted by Gasteiger charge is -2.17. The number of thiophene rings is 1. The van der Waals surface area contributed by atoms with Gasteiger partial charge in [0.1, 0.15) is 9.88 Å². The van der Waals surface area contributed by atoms with E-state index in [1.807, 2.05) is 6.07 Å². The standard InChI is InChI=1S/C14H12ClFN2O3S2/c1-7-10(23-11(17-7)8-2-3-9(15)22-8)12(19)18-5-4-14(16,6-18)13(20)21/h2-3H,4-6H2,1H3,(H,20,21). The normalized spacial score (nSPS) is 20.9. The first-order valence-corrected chi connectivity index (χ1v) is 8.76. The van der Waals surface area contributed by atoms with Crippen molar-refractivity contribution in [2.24, 2.45) is 0 Å². The van der Waals surface area contributed by atoms with E-state index in [4.69, 9.17) is 16.7 Å². The zero-order valence-electron chi connectivity index (χ0n) is 12.0. The van der Waals surface area contributed by atoms with Crippen LogP contribution in [0.2, 0.25) is 4.34 Å². The molecular formula is C14H12ClFN2O3S2. The third-order valence-electron chi connectivity index (χ3n) is 3.66. The van der Waals surface area contributed by atoms with Gasteiger partial charge in [-0.3, -0.25) is 4.79 Å². The lowest BCUT2D eigenvalue weighted by Crippen LogP contribution is -2.38.